The van der Waals surface area contributed by atoms with E-state index in [0.29, 0.717) is 12.1 Å². The molecule has 0 heterocycles. The van der Waals surface area contributed by atoms with E-state index in [9.17, 15) is 18.0 Å². The monoisotopic (exact) mass is 294 g/mol. The number of carbonyl (C=O) groups is 1. The van der Waals surface area contributed by atoms with Gasteiger partial charge in [0.25, 0.3) is 0 Å². The molecule has 0 bridgehead atoms. The third-order valence-electron chi connectivity index (χ3n) is 2.46. The fraction of sp³-hybridized carbons (Fsp3) is 0.333. The van der Waals surface area contributed by atoms with Crippen LogP contribution in [0.2, 0.25) is 0 Å². The summed E-state index contributed by atoms with van der Waals surface area (Å²) in [6, 6.07) is 1.36. The summed E-state index contributed by atoms with van der Waals surface area (Å²) in [6.45, 7) is 9.07. The molecule has 0 amide bonds. The minimum atomic E-state index is -1.61. The molecular weight excluding hydrogens is 276 g/mol. The van der Waals surface area contributed by atoms with Crippen LogP contribution in [-0.2, 0) is 4.79 Å². The Labute approximate surface area is 135 Å². The second-order valence-electron chi connectivity index (χ2n) is 4.07. The molecule has 0 spiro atoms. The van der Waals surface area contributed by atoms with Crippen LogP contribution >= 0.6 is 0 Å². The maximum Gasteiger partial charge on any atom is 1.00 e. The number of hydrogen-bond donors (Lipinski definition) is 1. The molecule has 0 radical (unpaired) electrons. The summed E-state index contributed by atoms with van der Waals surface area (Å²) in [4.78, 5) is 10.8. The summed E-state index contributed by atoms with van der Waals surface area (Å²) in [5, 5.41) is 8.82. The Morgan fingerprint density at radius 3 is 2.10 bits per heavy atom. The molecule has 0 aliphatic carbocycles. The molecule has 1 N–H and O–H groups in total. The zero-order chi connectivity index (χ0) is 15.7. The molecule has 1 rings (SSSR count). The number of rotatable bonds is 5. The Morgan fingerprint density at radius 2 is 1.81 bits per heavy atom. The third kappa shape index (κ3) is 7.40. The van der Waals surface area contributed by atoms with Crippen LogP contribution in [0.1, 0.15) is 37.7 Å². The van der Waals surface area contributed by atoms with Gasteiger partial charge in [-0.3, -0.25) is 4.79 Å². The smallest absolute Gasteiger partial charge is 0.481 e. The summed E-state index contributed by atoms with van der Waals surface area (Å²) in [5.41, 5.74) is -0.121. The van der Waals surface area contributed by atoms with Gasteiger partial charge in [0.05, 0.1) is 5.92 Å². The Kier molecular flexibility index (Phi) is 12.1. The number of allylic oxidation sites excluding steroid dienone is 1. The van der Waals surface area contributed by atoms with Crippen LogP contribution in [0.15, 0.2) is 24.8 Å². The standard InChI is InChI=1S/C11H9F3O2.C4H9.Li/c1-2-3-7(11(15)16)6-4-8(12)10(14)9(13)5-6;1-3-4-2;/h2,4-5,7H,1,3H2,(H,15,16);1,3-4H2,2H3;/q;-1;+1. The van der Waals surface area contributed by atoms with Crippen molar-refractivity contribution in [2.24, 2.45) is 0 Å². The first-order valence-electron chi connectivity index (χ1n) is 6.16. The van der Waals surface area contributed by atoms with E-state index < -0.39 is 29.3 Å². The molecule has 6 heteroatoms. The van der Waals surface area contributed by atoms with Crippen LogP contribution in [0, 0.1) is 24.4 Å². The van der Waals surface area contributed by atoms with E-state index in [-0.39, 0.29) is 30.8 Å². The maximum atomic E-state index is 12.9. The Hall–Kier alpha value is -1.18. The zero-order valence-electron chi connectivity index (χ0n) is 12.3. The minimum Gasteiger partial charge on any atom is -0.481 e. The average Bonchev–Trinajstić information content (AvgIpc) is 2.41. The van der Waals surface area contributed by atoms with Gasteiger partial charge in [-0.1, -0.05) is 19.4 Å². The Balaban J connectivity index is 0. The first kappa shape index (κ1) is 22.1. The quantitative estimate of drug-likeness (QED) is 0.386. The van der Waals surface area contributed by atoms with Crippen molar-refractivity contribution in [2.75, 3.05) is 0 Å². The van der Waals surface area contributed by atoms with Gasteiger partial charge in [-0.2, -0.15) is 6.42 Å². The molecule has 2 nitrogen and oxygen atoms in total. The molecule has 0 aliphatic rings. The molecule has 0 aliphatic heterocycles. The predicted molar refractivity (Wildman–Crippen MR) is 71.8 cm³/mol. The van der Waals surface area contributed by atoms with Gasteiger partial charge in [0, 0.05) is 0 Å². The fourth-order valence-electron chi connectivity index (χ4n) is 1.32. The average molecular weight is 294 g/mol. The number of aliphatic carboxylic acids is 1. The summed E-state index contributed by atoms with van der Waals surface area (Å²) in [5.74, 6) is -6.77. The van der Waals surface area contributed by atoms with Gasteiger partial charge < -0.3 is 12.0 Å². The summed E-state index contributed by atoms with van der Waals surface area (Å²) in [7, 11) is 0. The van der Waals surface area contributed by atoms with Crippen LogP contribution < -0.4 is 18.9 Å². The van der Waals surface area contributed by atoms with Crippen LogP contribution in [-0.4, -0.2) is 11.1 Å². The number of carboxylic acids is 1. The Morgan fingerprint density at radius 1 is 1.38 bits per heavy atom. The number of carboxylic acid groups (broad SMARTS) is 1. The van der Waals surface area contributed by atoms with Crippen molar-refractivity contribution in [3.05, 3.63) is 54.7 Å². The Bertz CT molecular complexity index is 439. The van der Waals surface area contributed by atoms with E-state index in [2.05, 4.69) is 20.4 Å². The van der Waals surface area contributed by atoms with E-state index in [1.807, 2.05) is 0 Å². The molecule has 0 saturated heterocycles. The van der Waals surface area contributed by atoms with Crippen LogP contribution in [0.5, 0.6) is 0 Å². The molecule has 0 aromatic heterocycles. The van der Waals surface area contributed by atoms with Gasteiger partial charge in [0.15, 0.2) is 17.5 Å². The van der Waals surface area contributed by atoms with E-state index in [4.69, 9.17) is 5.11 Å². The van der Waals surface area contributed by atoms with Gasteiger partial charge in [0.1, 0.15) is 0 Å². The zero-order valence-corrected chi connectivity index (χ0v) is 12.3. The molecular formula is C15H18F3LiO2. The third-order valence-corrected chi connectivity index (χ3v) is 2.46. The second-order valence-corrected chi connectivity index (χ2v) is 4.07. The van der Waals surface area contributed by atoms with Crippen molar-refractivity contribution >= 4 is 5.97 Å². The number of unbranched alkanes of at least 4 members (excludes halogenated alkanes) is 1. The molecule has 0 fully saturated rings. The molecule has 1 atom stereocenters. The van der Waals surface area contributed by atoms with E-state index >= 15 is 0 Å². The maximum absolute atomic E-state index is 12.9. The number of halogens is 3. The van der Waals surface area contributed by atoms with Crippen molar-refractivity contribution < 1.29 is 41.9 Å². The number of hydrogen-bond acceptors (Lipinski definition) is 1. The molecule has 21 heavy (non-hydrogen) atoms. The fourth-order valence-corrected chi connectivity index (χ4v) is 1.32. The normalized spacial score (nSPS) is 10.7. The van der Waals surface area contributed by atoms with Crippen molar-refractivity contribution in [3.63, 3.8) is 0 Å². The molecule has 1 aromatic rings. The van der Waals surface area contributed by atoms with Crippen molar-refractivity contribution in [1.82, 2.24) is 0 Å². The summed E-state index contributed by atoms with van der Waals surface area (Å²) >= 11 is 0. The van der Waals surface area contributed by atoms with Crippen LogP contribution in [0.3, 0.4) is 0 Å². The van der Waals surface area contributed by atoms with Crippen LogP contribution in [0.4, 0.5) is 13.2 Å². The van der Waals surface area contributed by atoms with Gasteiger partial charge in [0.2, 0.25) is 0 Å². The molecule has 1 unspecified atom stereocenters. The first-order valence-corrected chi connectivity index (χ1v) is 6.16. The summed E-state index contributed by atoms with van der Waals surface area (Å²) in [6.07, 6.45) is 3.61. The van der Waals surface area contributed by atoms with Crippen molar-refractivity contribution in [2.45, 2.75) is 32.1 Å². The topological polar surface area (TPSA) is 37.3 Å². The van der Waals surface area contributed by atoms with Gasteiger partial charge in [-0.25, -0.2) is 13.2 Å². The number of benzene rings is 1. The molecule has 0 saturated carbocycles. The van der Waals surface area contributed by atoms with Gasteiger partial charge in [-0.05, 0) is 24.1 Å². The minimum absolute atomic E-state index is 0. The second kappa shape index (κ2) is 11.5. The van der Waals surface area contributed by atoms with Crippen molar-refractivity contribution in [3.8, 4) is 0 Å². The van der Waals surface area contributed by atoms with E-state index in [0.717, 1.165) is 6.42 Å². The van der Waals surface area contributed by atoms with Crippen LogP contribution in [0.25, 0.3) is 0 Å². The molecule has 112 valence electrons. The van der Waals surface area contributed by atoms with E-state index in [1.165, 1.54) is 12.5 Å². The van der Waals surface area contributed by atoms with Crippen molar-refractivity contribution in [1.29, 1.82) is 0 Å². The SMILES string of the molecule is C=CCC(C(=O)O)c1cc(F)c(F)c(F)c1.[CH2-]CCC.[Li+]. The van der Waals surface area contributed by atoms with E-state index in [1.54, 1.807) is 0 Å². The molecule has 1 aromatic carbocycles. The largest absolute Gasteiger partial charge is 1.00 e. The summed E-state index contributed by atoms with van der Waals surface area (Å²) < 4.78 is 38.4. The predicted octanol–water partition coefficient (Wildman–Crippen LogP) is 1.47. The van der Waals surface area contributed by atoms with Gasteiger partial charge >= 0.3 is 24.8 Å². The first-order chi connectivity index (χ1) is 9.38. The van der Waals surface area contributed by atoms with Gasteiger partial charge in [-0.15, -0.1) is 6.58 Å².